The second-order valence-corrected chi connectivity index (χ2v) is 9.46. The molecule has 3 saturated carbocycles. The Morgan fingerprint density at radius 2 is 1.77 bits per heavy atom. The van der Waals surface area contributed by atoms with Crippen LogP contribution < -0.4 is 0 Å². The molecule has 0 spiro atoms. The molecule has 5 nitrogen and oxygen atoms in total. The van der Waals surface area contributed by atoms with Crippen molar-refractivity contribution in [3.8, 4) is 0 Å². The van der Waals surface area contributed by atoms with Gasteiger partial charge in [-0.3, -0.25) is 14.4 Å². The first-order valence-electron chi connectivity index (χ1n) is 9.75. The Hall–Kier alpha value is -1.33. The number of rotatable bonds is 1. The average Bonchev–Trinajstić information content (AvgIpc) is 2.87. The molecule has 142 valence electrons. The molecular weight excluding hydrogens is 332 g/mol. The summed E-state index contributed by atoms with van der Waals surface area (Å²) in [6.07, 6.45) is 5.68. The van der Waals surface area contributed by atoms with Gasteiger partial charge in [0.25, 0.3) is 0 Å². The summed E-state index contributed by atoms with van der Waals surface area (Å²) in [5, 5.41) is 21.1. The quantitative estimate of drug-likeness (QED) is 0.550. The summed E-state index contributed by atoms with van der Waals surface area (Å²) < 4.78 is 0. The molecule has 2 unspecified atom stereocenters. The molecule has 26 heavy (non-hydrogen) atoms. The summed E-state index contributed by atoms with van der Waals surface area (Å²) in [5.74, 6) is -1.98. The highest BCUT2D eigenvalue weighted by Crippen LogP contribution is 2.66. The number of fused-ring (bicyclic) bond motifs is 5. The largest absolute Gasteiger partial charge is 0.389 e. The van der Waals surface area contributed by atoms with Gasteiger partial charge in [-0.1, -0.05) is 26.0 Å². The molecule has 0 radical (unpaired) electrons. The van der Waals surface area contributed by atoms with Crippen molar-refractivity contribution in [3.05, 3.63) is 12.2 Å². The van der Waals surface area contributed by atoms with Crippen LogP contribution in [0.5, 0.6) is 0 Å². The molecule has 0 amide bonds. The second-order valence-electron chi connectivity index (χ2n) is 9.46. The standard InChI is InChI=1S/C21H28O5/c1-11(22)21(26)9-6-14-16-13(5-8-20(14,21)3)19(2)7-4-12(23)10-15(19)17(24)18(16)25/h4,7,12-16,23,26H,5-6,8-10H2,1-3H3/t12?,13-,14-,15?,16+,19+,20-,21-/m0/s1. The van der Waals surface area contributed by atoms with Crippen LogP contribution in [-0.2, 0) is 14.4 Å². The van der Waals surface area contributed by atoms with E-state index < -0.39 is 34.4 Å². The van der Waals surface area contributed by atoms with Crippen molar-refractivity contribution in [2.24, 2.45) is 34.5 Å². The summed E-state index contributed by atoms with van der Waals surface area (Å²) in [5.41, 5.74) is -2.49. The lowest BCUT2D eigenvalue weighted by Crippen LogP contribution is -2.62. The van der Waals surface area contributed by atoms with Gasteiger partial charge in [-0.25, -0.2) is 0 Å². The third-order valence-corrected chi connectivity index (χ3v) is 8.57. The van der Waals surface area contributed by atoms with Crippen LogP contribution in [0.1, 0.15) is 52.9 Å². The van der Waals surface area contributed by atoms with Crippen LogP contribution >= 0.6 is 0 Å². The van der Waals surface area contributed by atoms with Gasteiger partial charge in [0, 0.05) is 17.3 Å². The first-order valence-corrected chi connectivity index (χ1v) is 9.75. The van der Waals surface area contributed by atoms with Gasteiger partial charge in [0.05, 0.1) is 6.10 Å². The number of aliphatic hydroxyl groups excluding tert-OH is 1. The van der Waals surface area contributed by atoms with Crippen LogP contribution in [0.25, 0.3) is 0 Å². The minimum absolute atomic E-state index is 0.0221. The Kier molecular flexibility index (Phi) is 3.72. The second kappa shape index (κ2) is 5.35. The van der Waals surface area contributed by atoms with Crippen LogP contribution in [-0.4, -0.2) is 39.3 Å². The van der Waals surface area contributed by atoms with Gasteiger partial charge in [0.15, 0.2) is 5.78 Å². The van der Waals surface area contributed by atoms with E-state index in [1.807, 2.05) is 19.9 Å². The molecule has 4 rings (SSSR count). The number of hydrogen-bond donors (Lipinski definition) is 2. The summed E-state index contributed by atoms with van der Waals surface area (Å²) in [6.45, 7) is 5.39. The molecule has 8 atom stereocenters. The predicted octanol–water partition coefficient (Wildman–Crippen LogP) is 1.84. The number of Topliss-reactive ketones (excluding diaryl/α,β-unsaturated/α-hetero) is 3. The molecule has 5 heteroatoms. The van der Waals surface area contributed by atoms with E-state index in [1.165, 1.54) is 6.92 Å². The highest BCUT2D eigenvalue weighted by Gasteiger charge is 2.69. The zero-order valence-electron chi connectivity index (χ0n) is 15.7. The molecule has 0 saturated heterocycles. The fourth-order valence-electron chi connectivity index (χ4n) is 6.92. The molecule has 2 N–H and O–H groups in total. The van der Waals surface area contributed by atoms with Crippen molar-refractivity contribution in [2.45, 2.75) is 64.6 Å². The van der Waals surface area contributed by atoms with Gasteiger partial charge in [-0.15, -0.1) is 0 Å². The SMILES string of the molecule is CC(=O)[C@@]1(O)CC[C@H]2[C@@H]3C(=O)C(=O)C4CC(O)C=C[C@]4(C)[C@H]3CC[C@@]21C. The lowest BCUT2D eigenvalue weighted by Gasteiger charge is -2.58. The van der Waals surface area contributed by atoms with Crippen LogP contribution in [0, 0.1) is 34.5 Å². The fraction of sp³-hybridized carbons (Fsp3) is 0.762. The minimum Gasteiger partial charge on any atom is -0.389 e. The van der Waals surface area contributed by atoms with E-state index in [2.05, 4.69) is 0 Å². The molecule has 0 aromatic rings. The van der Waals surface area contributed by atoms with Crippen LogP contribution in [0.15, 0.2) is 12.2 Å². The molecule has 0 heterocycles. The number of carbonyl (C=O) groups is 3. The molecule has 3 fully saturated rings. The Morgan fingerprint density at radius 3 is 2.42 bits per heavy atom. The molecule has 0 aromatic heterocycles. The van der Waals surface area contributed by atoms with Gasteiger partial charge in [0.2, 0.25) is 11.6 Å². The first-order chi connectivity index (χ1) is 12.1. The number of aliphatic hydroxyl groups is 2. The van der Waals surface area contributed by atoms with Gasteiger partial charge >= 0.3 is 0 Å². The smallest absolute Gasteiger partial charge is 0.202 e. The molecule has 4 aliphatic rings. The van der Waals surface area contributed by atoms with Crippen molar-refractivity contribution in [2.75, 3.05) is 0 Å². The van der Waals surface area contributed by atoms with Crippen molar-refractivity contribution < 1.29 is 24.6 Å². The molecule has 0 bridgehead atoms. The maximum absolute atomic E-state index is 13.1. The zero-order chi connectivity index (χ0) is 19.1. The normalized spacial score (nSPS) is 53.0. The van der Waals surface area contributed by atoms with Crippen molar-refractivity contribution in [1.82, 2.24) is 0 Å². The van der Waals surface area contributed by atoms with E-state index in [-0.39, 0.29) is 29.2 Å². The lowest BCUT2D eigenvalue weighted by atomic mass is 9.44. The highest BCUT2D eigenvalue weighted by atomic mass is 16.3. The monoisotopic (exact) mass is 360 g/mol. The molecule has 0 aromatic carbocycles. The summed E-state index contributed by atoms with van der Waals surface area (Å²) >= 11 is 0. The summed E-state index contributed by atoms with van der Waals surface area (Å²) in [6, 6.07) is 0. The van der Waals surface area contributed by atoms with Crippen LogP contribution in [0.3, 0.4) is 0 Å². The maximum Gasteiger partial charge on any atom is 0.202 e. The summed E-state index contributed by atoms with van der Waals surface area (Å²) in [4.78, 5) is 38.3. The number of ketones is 3. The van der Waals surface area contributed by atoms with Crippen molar-refractivity contribution in [3.63, 3.8) is 0 Å². The topological polar surface area (TPSA) is 91.7 Å². The average molecular weight is 360 g/mol. The number of carbonyl (C=O) groups excluding carboxylic acids is 3. The van der Waals surface area contributed by atoms with Gasteiger partial charge in [-0.2, -0.15) is 0 Å². The van der Waals surface area contributed by atoms with Gasteiger partial charge in [-0.05, 0) is 56.3 Å². The Labute approximate surface area is 153 Å². The Balaban J connectivity index is 1.79. The maximum atomic E-state index is 13.1. The fourth-order valence-corrected chi connectivity index (χ4v) is 6.92. The molecule has 0 aliphatic heterocycles. The van der Waals surface area contributed by atoms with E-state index in [0.29, 0.717) is 32.1 Å². The first kappa shape index (κ1) is 18.1. The summed E-state index contributed by atoms with van der Waals surface area (Å²) in [7, 11) is 0. The van der Waals surface area contributed by atoms with Crippen LogP contribution in [0.4, 0.5) is 0 Å². The minimum atomic E-state index is -1.40. The van der Waals surface area contributed by atoms with Gasteiger partial charge in [0.1, 0.15) is 5.60 Å². The van der Waals surface area contributed by atoms with E-state index in [4.69, 9.17) is 0 Å². The highest BCUT2D eigenvalue weighted by molar-refractivity contribution is 6.39. The van der Waals surface area contributed by atoms with Gasteiger partial charge < -0.3 is 10.2 Å². The number of allylic oxidation sites excluding steroid dienone is 1. The van der Waals surface area contributed by atoms with E-state index in [1.54, 1.807) is 6.08 Å². The lowest BCUT2D eigenvalue weighted by molar-refractivity contribution is -0.173. The predicted molar refractivity (Wildman–Crippen MR) is 94.1 cm³/mol. The van der Waals surface area contributed by atoms with E-state index in [0.717, 1.165) is 0 Å². The van der Waals surface area contributed by atoms with Crippen LogP contribution in [0.2, 0.25) is 0 Å². The van der Waals surface area contributed by atoms with E-state index in [9.17, 15) is 24.6 Å². The van der Waals surface area contributed by atoms with E-state index >= 15 is 0 Å². The Morgan fingerprint density at radius 1 is 1.12 bits per heavy atom. The third-order valence-electron chi connectivity index (χ3n) is 8.57. The molecular formula is C21H28O5. The van der Waals surface area contributed by atoms with Crippen molar-refractivity contribution >= 4 is 17.3 Å². The Bertz CT molecular complexity index is 726. The third kappa shape index (κ3) is 1.96. The molecule has 4 aliphatic carbocycles. The van der Waals surface area contributed by atoms with Crippen molar-refractivity contribution in [1.29, 1.82) is 0 Å². The zero-order valence-corrected chi connectivity index (χ0v) is 15.7. The number of hydrogen-bond acceptors (Lipinski definition) is 5.